The van der Waals surface area contributed by atoms with Crippen LogP contribution in [0.2, 0.25) is 0 Å². The van der Waals surface area contributed by atoms with E-state index in [0.29, 0.717) is 12.1 Å². The second-order valence-corrected chi connectivity index (χ2v) is 2.84. The van der Waals surface area contributed by atoms with Gasteiger partial charge in [-0.05, 0) is 25.0 Å². The van der Waals surface area contributed by atoms with Crippen LogP contribution in [0.3, 0.4) is 0 Å². The van der Waals surface area contributed by atoms with Crippen LogP contribution in [0.1, 0.15) is 23.7 Å². The molecule has 0 spiro atoms. The molecule has 1 aromatic heterocycles. The number of hydrogen-bond acceptors (Lipinski definition) is 1. The van der Waals surface area contributed by atoms with Crippen molar-refractivity contribution in [3.8, 4) is 0 Å². The monoisotopic (exact) mass is 189 g/mol. The van der Waals surface area contributed by atoms with Crippen LogP contribution >= 0.6 is 0 Å². The molecule has 0 radical (unpaired) electrons. The van der Waals surface area contributed by atoms with E-state index in [2.05, 4.69) is 4.98 Å². The van der Waals surface area contributed by atoms with E-state index in [-0.39, 0.29) is 5.56 Å². The van der Waals surface area contributed by atoms with Crippen LogP contribution in [-0.2, 0) is 12.6 Å². The van der Waals surface area contributed by atoms with Gasteiger partial charge in [-0.3, -0.25) is 4.98 Å². The Morgan fingerprint density at radius 2 is 2.00 bits per heavy atom. The third-order valence-electron chi connectivity index (χ3n) is 1.83. The third kappa shape index (κ3) is 2.20. The molecule has 1 rings (SSSR count). The van der Waals surface area contributed by atoms with Gasteiger partial charge in [0.15, 0.2) is 0 Å². The van der Waals surface area contributed by atoms with Gasteiger partial charge in [-0.25, -0.2) is 0 Å². The largest absolute Gasteiger partial charge is 0.416 e. The van der Waals surface area contributed by atoms with Crippen molar-refractivity contribution in [1.82, 2.24) is 4.98 Å². The highest BCUT2D eigenvalue weighted by molar-refractivity contribution is 5.28. The van der Waals surface area contributed by atoms with E-state index < -0.39 is 11.7 Å². The van der Waals surface area contributed by atoms with Crippen molar-refractivity contribution < 1.29 is 13.2 Å². The molecule has 0 aromatic carbocycles. The Labute approximate surface area is 74.6 Å². The number of halogens is 3. The molecule has 0 aliphatic rings. The summed E-state index contributed by atoms with van der Waals surface area (Å²) in [4.78, 5) is 3.87. The number of alkyl halides is 3. The maximum absolute atomic E-state index is 12.3. The molecule has 0 amide bonds. The quantitative estimate of drug-likeness (QED) is 0.661. The van der Waals surface area contributed by atoms with Gasteiger partial charge in [0.05, 0.1) is 5.56 Å². The summed E-state index contributed by atoms with van der Waals surface area (Å²) in [6.07, 6.45) is -2.48. The summed E-state index contributed by atoms with van der Waals surface area (Å²) in [5.74, 6) is 0. The molecule has 13 heavy (non-hydrogen) atoms. The summed E-state index contributed by atoms with van der Waals surface area (Å²) in [6, 6.07) is 1.11. The molecular weight excluding hydrogens is 179 g/mol. The molecule has 0 aliphatic heterocycles. The van der Waals surface area contributed by atoms with Crippen molar-refractivity contribution in [3.63, 3.8) is 0 Å². The molecule has 0 fully saturated rings. The highest BCUT2D eigenvalue weighted by atomic mass is 19.4. The van der Waals surface area contributed by atoms with Crippen molar-refractivity contribution in [2.75, 3.05) is 0 Å². The number of nitrogens with zero attached hydrogens (tertiary/aromatic N) is 1. The first-order chi connectivity index (χ1) is 5.95. The van der Waals surface area contributed by atoms with Gasteiger partial charge in [-0.2, -0.15) is 13.2 Å². The lowest BCUT2D eigenvalue weighted by Crippen LogP contribution is -2.08. The predicted molar refractivity (Wildman–Crippen MR) is 43.4 cm³/mol. The number of aryl methyl sites for hydroxylation is 2. The summed E-state index contributed by atoms with van der Waals surface area (Å²) in [5, 5.41) is 0. The van der Waals surface area contributed by atoms with Crippen LogP contribution in [0, 0.1) is 6.92 Å². The lowest BCUT2D eigenvalue weighted by molar-refractivity contribution is -0.138. The predicted octanol–water partition coefficient (Wildman–Crippen LogP) is 2.97. The summed E-state index contributed by atoms with van der Waals surface area (Å²) in [5.41, 5.74) is 0.0574. The number of hydrogen-bond donors (Lipinski definition) is 0. The molecule has 0 saturated heterocycles. The Balaban J connectivity index is 3.19. The molecule has 0 N–H and O–H groups in total. The van der Waals surface area contributed by atoms with Gasteiger partial charge >= 0.3 is 6.18 Å². The maximum atomic E-state index is 12.3. The standard InChI is InChI=1S/C9H10F3N/c1-3-7-4-8(9(10,11)12)6(2)5-13-7/h4-5H,3H2,1-2H3. The second kappa shape index (κ2) is 3.36. The molecule has 1 nitrogen and oxygen atoms in total. The Morgan fingerprint density at radius 3 is 2.46 bits per heavy atom. The van der Waals surface area contributed by atoms with Gasteiger partial charge in [-0.15, -0.1) is 0 Å². The van der Waals surface area contributed by atoms with E-state index in [1.165, 1.54) is 13.1 Å². The summed E-state index contributed by atoms with van der Waals surface area (Å²) in [6.45, 7) is 3.19. The van der Waals surface area contributed by atoms with E-state index >= 15 is 0 Å². The van der Waals surface area contributed by atoms with Gasteiger partial charge in [0.1, 0.15) is 0 Å². The number of aromatic nitrogens is 1. The molecule has 0 unspecified atom stereocenters. The first-order valence-electron chi connectivity index (χ1n) is 3.98. The topological polar surface area (TPSA) is 12.9 Å². The van der Waals surface area contributed by atoms with Gasteiger partial charge in [0, 0.05) is 11.9 Å². The molecule has 0 saturated carbocycles. The zero-order valence-corrected chi connectivity index (χ0v) is 7.44. The van der Waals surface area contributed by atoms with Crippen LogP contribution in [0.5, 0.6) is 0 Å². The highest BCUT2D eigenvalue weighted by Crippen LogP contribution is 2.31. The molecule has 4 heteroatoms. The molecule has 72 valence electrons. The minimum Gasteiger partial charge on any atom is -0.261 e. The van der Waals surface area contributed by atoms with Gasteiger partial charge in [0.2, 0.25) is 0 Å². The summed E-state index contributed by atoms with van der Waals surface area (Å²) in [7, 11) is 0. The Morgan fingerprint density at radius 1 is 1.38 bits per heavy atom. The van der Waals surface area contributed by atoms with E-state index in [4.69, 9.17) is 0 Å². The zero-order valence-electron chi connectivity index (χ0n) is 7.44. The molecule has 1 aromatic rings. The molecular formula is C9H10F3N. The van der Waals surface area contributed by atoms with Gasteiger partial charge in [-0.1, -0.05) is 6.92 Å². The molecule has 0 atom stereocenters. The normalized spacial score (nSPS) is 11.8. The van der Waals surface area contributed by atoms with Crippen LogP contribution in [0.4, 0.5) is 13.2 Å². The minimum atomic E-state index is -4.27. The lowest BCUT2D eigenvalue weighted by Gasteiger charge is -2.10. The third-order valence-corrected chi connectivity index (χ3v) is 1.83. The van der Waals surface area contributed by atoms with Crippen molar-refractivity contribution in [2.24, 2.45) is 0 Å². The fourth-order valence-corrected chi connectivity index (χ4v) is 1.07. The molecule has 0 aliphatic carbocycles. The van der Waals surface area contributed by atoms with E-state index in [0.717, 1.165) is 6.07 Å². The van der Waals surface area contributed by atoms with Crippen molar-refractivity contribution >= 4 is 0 Å². The smallest absolute Gasteiger partial charge is 0.261 e. The highest BCUT2D eigenvalue weighted by Gasteiger charge is 2.32. The van der Waals surface area contributed by atoms with E-state index in [1.807, 2.05) is 0 Å². The molecule has 0 bridgehead atoms. The second-order valence-electron chi connectivity index (χ2n) is 2.84. The van der Waals surface area contributed by atoms with Gasteiger partial charge < -0.3 is 0 Å². The van der Waals surface area contributed by atoms with Crippen LogP contribution in [0.15, 0.2) is 12.3 Å². The van der Waals surface area contributed by atoms with Crippen molar-refractivity contribution in [3.05, 3.63) is 29.1 Å². The van der Waals surface area contributed by atoms with Crippen molar-refractivity contribution in [1.29, 1.82) is 0 Å². The first-order valence-corrected chi connectivity index (χ1v) is 3.98. The average molecular weight is 189 g/mol. The fraction of sp³-hybridized carbons (Fsp3) is 0.444. The zero-order chi connectivity index (χ0) is 10.1. The molecule has 1 heterocycles. The van der Waals surface area contributed by atoms with Gasteiger partial charge in [0.25, 0.3) is 0 Å². The van der Waals surface area contributed by atoms with Crippen LogP contribution < -0.4 is 0 Å². The Kier molecular flexibility index (Phi) is 2.59. The maximum Gasteiger partial charge on any atom is 0.416 e. The first kappa shape index (κ1) is 10.0. The Hall–Kier alpha value is -1.06. The van der Waals surface area contributed by atoms with Crippen LogP contribution in [-0.4, -0.2) is 4.98 Å². The Bertz CT molecular complexity index is 304. The van der Waals surface area contributed by atoms with Crippen molar-refractivity contribution in [2.45, 2.75) is 26.4 Å². The minimum absolute atomic E-state index is 0.171. The summed E-state index contributed by atoms with van der Waals surface area (Å²) < 4.78 is 37.0. The number of pyridine rings is 1. The number of rotatable bonds is 1. The van der Waals surface area contributed by atoms with Crippen LogP contribution in [0.25, 0.3) is 0 Å². The van der Waals surface area contributed by atoms with E-state index in [9.17, 15) is 13.2 Å². The lowest BCUT2D eigenvalue weighted by atomic mass is 10.1. The SMILES string of the molecule is CCc1cc(C(F)(F)F)c(C)cn1. The summed E-state index contributed by atoms with van der Waals surface area (Å²) >= 11 is 0. The average Bonchev–Trinajstić information content (AvgIpc) is 2.03. The van der Waals surface area contributed by atoms with E-state index in [1.54, 1.807) is 6.92 Å². The fourth-order valence-electron chi connectivity index (χ4n) is 1.07.